The van der Waals surface area contributed by atoms with Crippen molar-refractivity contribution in [3.63, 3.8) is 0 Å². The number of aromatic nitrogens is 1. The highest BCUT2D eigenvalue weighted by molar-refractivity contribution is 5.87. The Labute approximate surface area is 138 Å². The number of carbonyl (C=O) groups is 2. The van der Waals surface area contributed by atoms with Crippen LogP contribution >= 0.6 is 0 Å². The number of carboxylic acid groups (broad SMARTS) is 1. The van der Waals surface area contributed by atoms with Crippen LogP contribution in [0.4, 0.5) is 4.39 Å². The van der Waals surface area contributed by atoms with Crippen molar-refractivity contribution in [2.45, 2.75) is 38.6 Å². The van der Waals surface area contributed by atoms with Gasteiger partial charge in [0, 0.05) is 5.56 Å². The summed E-state index contributed by atoms with van der Waals surface area (Å²) in [6, 6.07) is 5.62. The molecule has 7 heteroatoms. The maximum absolute atomic E-state index is 12.9. The summed E-state index contributed by atoms with van der Waals surface area (Å²) in [6.45, 7) is 3.32. The lowest BCUT2D eigenvalue weighted by Crippen LogP contribution is -2.52. The van der Waals surface area contributed by atoms with Crippen LogP contribution < -0.4 is 5.32 Å². The summed E-state index contributed by atoms with van der Waals surface area (Å²) in [4.78, 5) is 27.6. The number of nitrogens with zero attached hydrogens (tertiary/aromatic N) is 1. The highest BCUT2D eigenvalue weighted by Gasteiger charge is 2.33. The van der Waals surface area contributed by atoms with Gasteiger partial charge in [-0.25, -0.2) is 14.2 Å². The summed E-state index contributed by atoms with van der Waals surface area (Å²) < 4.78 is 18.2. The van der Waals surface area contributed by atoms with Gasteiger partial charge in [0.15, 0.2) is 0 Å². The minimum absolute atomic E-state index is 0.0999. The van der Waals surface area contributed by atoms with Gasteiger partial charge in [-0.2, -0.15) is 0 Å². The summed E-state index contributed by atoms with van der Waals surface area (Å²) in [7, 11) is 0. The van der Waals surface area contributed by atoms with E-state index in [9.17, 15) is 19.1 Å². The van der Waals surface area contributed by atoms with Crippen molar-refractivity contribution in [1.29, 1.82) is 0 Å². The van der Waals surface area contributed by atoms with Gasteiger partial charge in [-0.3, -0.25) is 4.79 Å². The van der Waals surface area contributed by atoms with E-state index < -0.39 is 17.4 Å². The van der Waals surface area contributed by atoms with Gasteiger partial charge in [0.05, 0.1) is 12.1 Å². The molecule has 0 saturated carbocycles. The quantitative estimate of drug-likeness (QED) is 0.812. The third-order valence-electron chi connectivity index (χ3n) is 3.62. The summed E-state index contributed by atoms with van der Waals surface area (Å²) in [5, 5.41) is 11.8. The van der Waals surface area contributed by atoms with Gasteiger partial charge in [0.1, 0.15) is 17.6 Å². The zero-order valence-corrected chi connectivity index (χ0v) is 13.5. The number of hydrogen-bond donors (Lipinski definition) is 2. The van der Waals surface area contributed by atoms with Crippen LogP contribution in [0.1, 0.15) is 32.4 Å². The van der Waals surface area contributed by atoms with Gasteiger partial charge >= 0.3 is 5.97 Å². The van der Waals surface area contributed by atoms with E-state index in [1.54, 1.807) is 0 Å². The molecule has 0 radical (unpaired) electrons. The van der Waals surface area contributed by atoms with Crippen LogP contribution in [0.5, 0.6) is 0 Å². The average molecular weight is 334 g/mol. The fourth-order valence-corrected chi connectivity index (χ4v) is 2.35. The molecule has 2 rings (SSSR count). The van der Waals surface area contributed by atoms with Gasteiger partial charge in [-0.05, 0) is 37.6 Å². The largest absolute Gasteiger partial charge is 0.480 e. The van der Waals surface area contributed by atoms with Crippen LogP contribution in [0.15, 0.2) is 34.9 Å². The number of nitrogens with one attached hydrogen (secondary N) is 1. The second kappa shape index (κ2) is 7.25. The molecule has 1 aromatic heterocycles. The summed E-state index contributed by atoms with van der Waals surface area (Å²) >= 11 is 0. The maximum Gasteiger partial charge on any atom is 0.329 e. The lowest BCUT2D eigenvalue weighted by Gasteiger charge is -2.25. The summed E-state index contributed by atoms with van der Waals surface area (Å²) in [5.41, 5.74) is -0.351. The highest BCUT2D eigenvalue weighted by atomic mass is 19.1. The molecule has 2 aromatic rings. The lowest BCUT2D eigenvalue weighted by molar-refractivity contribution is -0.147. The zero-order chi connectivity index (χ0) is 17.7. The molecule has 24 heavy (non-hydrogen) atoms. The number of benzene rings is 1. The Morgan fingerprint density at radius 2 is 2.00 bits per heavy atom. The molecule has 6 nitrogen and oxygen atoms in total. The van der Waals surface area contributed by atoms with Gasteiger partial charge in [0.25, 0.3) is 0 Å². The zero-order valence-electron chi connectivity index (χ0n) is 13.5. The van der Waals surface area contributed by atoms with Crippen molar-refractivity contribution >= 4 is 11.9 Å². The van der Waals surface area contributed by atoms with Crippen molar-refractivity contribution in [2.24, 2.45) is 0 Å². The number of aliphatic carboxylic acids is 1. The first-order valence-electron chi connectivity index (χ1n) is 7.59. The normalized spacial score (nSPS) is 13.3. The molecule has 1 amide bonds. The third-order valence-corrected chi connectivity index (χ3v) is 3.62. The highest BCUT2D eigenvalue weighted by Crippen LogP contribution is 2.19. The molecule has 0 spiro atoms. The molecule has 1 atom stereocenters. The van der Waals surface area contributed by atoms with E-state index in [-0.39, 0.29) is 18.1 Å². The number of carbonyl (C=O) groups excluding carboxylic acids is 1. The Morgan fingerprint density at radius 1 is 1.33 bits per heavy atom. The first-order valence-corrected chi connectivity index (χ1v) is 7.59. The molecule has 128 valence electrons. The van der Waals surface area contributed by atoms with E-state index in [2.05, 4.69) is 10.3 Å². The summed E-state index contributed by atoms with van der Waals surface area (Å²) in [6.07, 6.45) is 2.18. The first-order chi connectivity index (χ1) is 11.3. The molecule has 0 aliphatic carbocycles. The molecule has 1 heterocycles. The fourth-order valence-electron chi connectivity index (χ4n) is 2.35. The number of oxazole rings is 1. The Morgan fingerprint density at radius 3 is 2.58 bits per heavy atom. The minimum atomic E-state index is -1.31. The topological polar surface area (TPSA) is 92.4 Å². The molecule has 0 fully saturated rings. The number of carboxylic acids is 1. The second-order valence-electron chi connectivity index (χ2n) is 5.76. The average Bonchev–Trinajstić information content (AvgIpc) is 2.96. The monoisotopic (exact) mass is 334 g/mol. The van der Waals surface area contributed by atoms with Crippen molar-refractivity contribution in [3.05, 3.63) is 42.0 Å². The van der Waals surface area contributed by atoms with Crippen LogP contribution in [-0.2, 0) is 16.0 Å². The molecule has 0 bridgehead atoms. The van der Waals surface area contributed by atoms with E-state index in [0.29, 0.717) is 24.1 Å². The van der Waals surface area contributed by atoms with Crippen molar-refractivity contribution in [1.82, 2.24) is 10.3 Å². The van der Waals surface area contributed by atoms with Crippen LogP contribution in [0.3, 0.4) is 0 Å². The van der Waals surface area contributed by atoms with Crippen molar-refractivity contribution in [2.75, 3.05) is 0 Å². The second-order valence-corrected chi connectivity index (χ2v) is 5.76. The number of hydrogen-bond acceptors (Lipinski definition) is 4. The lowest BCUT2D eigenvalue weighted by atomic mass is 9.96. The van der Waals surface area contributed by atoms with E-state index in [1.165, 1.54) is 37.5 Å². The molecular weight excluding hydrogens is 315 g/mol. The first kappa shape index (κ1) is 17.7. The van der Waals surface area contributed by atoms with Gasteiger partial charge in [0.2, 0.25) is 11.8 Å². The van der Waals surface area contributed by atoms with E-state index >= 15 is 0 Å². The maximum atomic E-state index is 12.9. The Balaban J connectivity index is 2.05. The third kappa shape index (κ3) is 4.18. The van der Waals surface area contributed by atoms with Crippen molar-refractivity contribution < 1.29 is 23.5 Å². The number of halogens is 1. The molecule has 0 aliphatic heterocycles. The minimum Gasteiger partial charge on any atom is -0.480 e. The Hall–Kier alpha value is -2.70. The predicted octanol–water partition coefficient (Wildman–Crippen LogP) is 2.78. The standard InChI is InChI=1S/C17H19FN2O4/c1-3-8-17(2,16(22)23)20-14(21)9-13-10-24-15(19-13)11-4-6-12(18)7-5-11/h4-7,10H,3,8-9H2,1-2H3,(H,20,21)(H,22,23). The van der Waals surface area contributed by atoms with Gasteiger partial charge in [-0.15, -0.1) is 0 Å². The molecule has 2 N–H and O–H groups in total. The molecule has 0 saturated heterocycles. The molecule has 0 aliphatic rings. The van der Waals surface area contributed by atoms with Gasteiger partial charge < -0.3 is 14.8 Å². The molecular formula is C17H19FN2O4. The number of rotatable bonds is 7. The van der Waals surface area contributed by atoms with E-state index in [1.807, 2.05) is 6.92 Å². The van der Waals surface area contributed by atoms with Crippen LogP contribution in [0.25, 0.3) is 11.5 Å². The van der Waals surface area contributed by atoms with E-state index in [4.69, 9.17) is 4.42 Å². The van der Waals surface area contributed by atoms with Crippen LogP contribution in [0.2, 0.25) is 0 Å². The fraction of sp³-hybridized carbons (Fsp3) is 0.353. The SMILES string of the molecule is CCCC(C)(NC(=O)Cc1coc(-c2ccc(F)cc2)n1)C(=O)O. The molecule has 1 aromatic carbocycles. The molecule has 1 unspecified atom stereocenters. The smallest absolute Gasteiger partial charge is 0.329 e. The van der Waals surface area contributed by atoms with Gasteiger partial charge in [-0.1, -0.05) is 13.3 Å². The predicted molar refractivity (Wildman–Crippen MR) is 84.7 cm³/mol. The van der Waals surface area contributed by atoms with Crippen LogP contribution in [-0.4, -0.2) is 27.5 Å². The van der Waals surface area contributed by atoms with Crippen molar-refractivity contribution in [3.8, 4) is 11.5 Å². The summed E-state index contributed by atoms with van der Waals surface area (Å²) in [5.74, 6) is -1.63. The number of amides is 1. The van der Waals surface area contributed by atoms with E-state index in [0.717, 1.165) is 0 Å². The van der Waals surface area contributed by atoms with Crippen LogP contribution in [0, 0.1) is 5.82 Å². The Kier molecular flexibility index (Phi) is 5.33. The Bertz CT molecular complexity index is 726.